The predicted molar refractivity (Wildman–Crippen MR) is 95.3 cm³/mol. The zero-order valence-corrected chi connectivity index (χ0v) is 14.6. The molecule has 0 aromatic rings. The first-order valence-corrected chi connectivity index (χ1v) is 8.87. The van der Waals surface area contributed by atoms with Crippen molar-refractivity contribution in [3.05, 3.63) is 36.5 Å². The quantitative estimate of drug-likeness (QED) is 0.389. The summed E-state index contributed by atoms with van der Waals surface area (Å²) in [6.07, 6.45) is 8.70. The Bertz CT molecular complexity index is 379. The highest BCUT2D eigenvalue weighted by molar-refractivity contribution is 7.97. The first-order valence-electron chi connectivity index (χ1n) is 7.99. The largest absolute Gasteiger partial charge is 0.385 e. The molecule has 1 fully saturated rings. The molecule has 0 aromatic heterocycles. The van der Waals surface area contributed by atoms with Crippen LogP contribution in [0.2, 0.25) is 0 Å². The Hall–Kier alpha value is -0.510. The van der Waals surface area contributed by atoms with Gasteiger partial charge in [0.15, 0.2) is 0 Å². The molecule has 1 saturated carbocycles. The van der Waals surface area contributed by atoms with Gasteiger partial charge < -0.3 is 5.11 Å². The molecule has 0 unspecified atom stereocenters. The third-order valence-corrected chi connectivity index (χ3v) is 4.93. The van der Waals surface area contributed by atoms with Crippen LogP contribution in [0.15, 0.2) is 36.5 Å². The molecule has 0 saturated heterocycles. The lowest BCUT2D eigenvalue weighted by Gasteiger charge is -2.35. The summed E-state index contributed by atoms with van der Waals surface area (Å²) < 4.78 is 3.33. The van der Waals surface area contributed by atoms with E-state index in [1.807, 2.05) is 12.2 Å². The third-order valence-electron chi connectivity index (χ3n) is 4.09. The van der Waals surface area contributed by atoms with Crippen molar-refractivity contribution >= 4 is 11.9 Å². The minimum atomic E-state index is -0.699. The van der Waals surface area contributed by atoms with Gasteiger partial charge in [-0.25, -0.2) is 0 Å². The van der Waals surface area contributed by atoms with Crippen LogP contribution in [0.25, 0.3) is 0 Å². The Morgan fingerprint density at radius 2 is 1.95 bits per heavy atom. The van der Waals surface area contributed by atoms with E-state index in [4.69, 9.17) is 0 Å². The normalized spacial score (nSPS) is 26.4. The second-order valence-electron chi connectivity index (χ2n) is 6.54. The number of rotatable bonds is 8. The topological polar surface area (TPSA) is 32.3 Å². The van der Waals surface area contributed by atoms with Gasteiger partial charge in [-0.3, -0.25) is 4.72 Å². The minimum absolute atomic E-state index is 0.594. The molecule has 3 heteroatoms. The fourth-order valence-corrected chi connectivity index (χ4v) is 3.01. The molecule has 0 amide bonds. The van der Waals surface area contributed by atoms with Crippen LogP contribution in [0.5, 0.6) is 0 Å². The maximum Gasteiger partial charge on any atom is 0.0891 e. The molecule has 0 radical (unpaired) electrons. The van der Waals surface area contributed by atoms with E-state index in [1.54, 1.807) is 11.9 Å². The van der Waals surface area contributed by atoms with Crippen molar-refractivity contribution in [2.75, 3.05) is 6.54 Å². The molecule has 0 bridgehead atoms. The van der Waals surface area contributed by atoms with Gasteiger partial charge in [-0.1, -0.05) is 63.6 Å². The standard InChI is InChI=1S/C18H31NOS/c1-14(2)21-19-13-10-15(3)6-7-17(5)18(20)11-8-16(4)9-12-18/h6-7,14,16,19-20H,3,5,8-13H2,1-2,4H3/b7-6-. The molecule has 0 heterocycles. The average molecular weight is 310 g/mol. The van der Waals surface area contributed by atoms with Gasteiger partial charge in [0.25, 0.3) is 0 Å². The molecular formula is C18H31NOS. The van der Waals surface area contributed by atoms with E-state index in [2.05, 4.69) is 38.7 Å². The van der Waals surface area contributed by atoms with Crippen LogP contribution < -0.4 is 4.72 Å². The van der Waals surface area contributed by atoms with Crippen LogP contribution in [0, 0.1) is 5.92 Å². The van der Waals surface area contributed by atoms with Gasteiger partial charge in [0, 0.05) is 11.8 Å². The summed E-state index contributed by atoms with van der Waals surface area (Å²) in [4.78, 5) is 0. The molecule has 1 aliphatic rings. The van der Waals surface area contributed by atoms with E-state index in [0.29, 0.717) is 5.25 Å². The average Bonchev–Trinajstić information content (AvgIpc) is 2.44. The zero-order chi connectivity index (χ0) is 15.9. The van der Waals surface area contributed by atoms with Gasteiger partial charge >= 0.3 is 0 Å². The number of hydrogen-bond donors (Lipinski definition) is 2. The lowest BCUT2D eigenvalue weighted by atomic mass is 9.76. The molecular weight excluding hydrogens is 278 g/mol. The molecule has 120 valence electrons. The van der Waals surface area contributed by atoms with Crippen molar-refractivity contribution in [2.24, 2.45) is 5.92 Å². The summed E-state index contributed by atoms with van der Waals surface area (Å²) in [5, 5.41) is 11.2. The Kier molecular flexibility index (Phi) is 7.78. The van der Waals surface area contributed by atoms with Gasteiger partial charge in [0.2, 0.25) is 0 Å². The first kappa shape index (κ1) is 18.5. The van der Waals surface area contributed by atoms with Crippen LogP contribution in [-0.4, -0.2) is 22.5 Å². The molecule has 21 heavy (non-hydrogen) atoms. The van der Waals surface area contributed by atoms with Crippen molar-refractivity contribution < 1.29 is 5.11 Å². The number of hydrogen-bond acceptors (Lipinski definition) is 3. The van der Waals surface area contributed by atoms with Crippen LogP contribution >= 0.6 is 11.9 Å². The van der Waals surface area contributed by atoms with Crippen LogP contribution in [0.1, 0.15) is 52.9 Å². The van der Waals surface area contributed by atoms with Crippen molar-refractivity contribution in [3.63, 3.8) is 0 Å². The second-order valence-corrected chi connectivity index (χ2v) is 8.01. The summed E-state index contributed by atoms with van der Waals surface area (Å²) in [5.74, 6) is 0.724. The van der Waals surface area contributed by atoms with Crippen LogP contribution in [0.3, 0.4) is 0 Å². The monoisotopic (exact) mass is 309 g/mol. The molecule has 0 aromatic carbocycles. The van der Waals surface area contributed by atoms with Crippen LogP contribution in [0.4, 0.5) is 0 Å². The molecule has 1 aliphatic carbocycles. The Balaban J connectivity index is 2.34. The summed E-state index contributed by atoms with van der Waals surface area (Å²) >= 11 is 1.75. The SMILES string of the molecule is C=C(/C=C\C(=C)C1(O)CCC(C)CC1)CCNSC(C)C. The predicted octanol–water partition coefficient (Wildman–Crippen LogP) is 4.63. The lowest BCUT2D eigenvalue weighted by molar-refractivity contribution is 0.0304. The van der Waals surface area contributed by atoms with Crippen molar-refractivity contribution in [1.82, 2.24) is 4.72 Å². The number of aliphatic hydroxyl groups is 1. The first-order chi connectivity index (χ1) is 9.83. The highest BCUT2D eigenvalue weighted by atomic mass is 32.2. The smallest absolute Gasteiger partial charge is 0.0891 e. The van der Waals surface area contributed by atoms with Crippen molar-refractivity contribution in [2.45, 2.75) is 63.7 Å². The molecule has 0 atom stereocenters. The number of nitrogens with one attached hydrogen (secondary N) is 1. The fourth-order valence-electron chi connectivity index (χ4n) is 2.45. The second kappa shape index (κ2) is 8.82. The summed E-state index contributed by atoms with van der Waals surface area (Å²) in [6.45, 7) is 15.6. The van der Waals surface area contributed by atoms with Gasteiger partial charge in [0.05, 0.1) is 5.60 Å². The van der Waals surface area contributed by atoms with E-state index >= 15 is 0 Å². The highest BCUT2D eigenvalue weighted by Gasteiger charge is 2.33. The molecule has 2 N–H and O–H groups in total. The minimum Gasteiger partial charge on any atom is -0.385 e. The van der Waals surface area contributed by atoms with E-state index in [-0.39, 0.29) is 0 Å². The third kappa shape index (κ3) is 6.86. The maximum atomic E-state index is 10.6. The van der Waals surface area contributed by atoms with E-state index in [9.17, 15) is 5.11 Å². The molecule has 2 nitrogen and oxygen atoms in total. The van der Waals surface area contributed by atoms with Gasteiger partial charge in [-0.05, 0) is 43.6 Å². The molecule has 1 rings (SSSR count). The van der Waals surface area contributed by atoms with Gasteiger partial charge in [0.1, 0.15) is 0 Å². The molecule has 0 aliphatic heterocycles. The zero-order valence-electron chi connectivity index (χ0n) is 13.8. The number of allylic oxidation sites excluding steroid dienone is 1. The Morgan fingerprint density at radius 3 is 2.52 bits per heavy atom. The van der Waals surface area contributed by atoms with Gasteiger partial charge in [-0.15, -0.1) is 0 Å². The molecule has 0 spiro atoms. The van der Waals surface area contributed by atoms with E-state index in [1.165, 1.54) is 0 Å². The summed E-state index contributed by atoms with van der Waals surface area (Å²) in [5.41, 5.74) is 1.20. The highest BCUT2D eigenvalue weighted by Crippen LogP contribution is 2.36. The Morgan fingerprint density at radius 1 is 1.33 bits per heavy atom. The van der Waals surface area contributed by atoms with Gasteiger partial charge in [-0.2, -0.15) is 0 Å². The van der Waals surface area contributed by atoms with E-state index in [0.717, 1.165) is 55.7 Å². The van der Waals surface area contributed by atoms with Crippen LogP contribution in [-0.2, 0) is 0 Å². The van der Waals surface area contributed by atoms with Crippen molar-refractivity contribution in [3.8, 4) is 0 Å². The maximum absolute atomic E-state index is 10.6. The van der Waals surface area contributed by atoms with Crippen molar-refractivity contribution in [1.29, 1.82) is 0 Å². The summed E-state index contributed by atoms with van der Waals surface area (Å²) in [6, 6.07) is 0. The summed E-state index contributed by atoms with van der Waals surface area (Å²) in [7, 11) is 0. The Labute approximate surface area is 134 Å². The van der Waals surface area contributed by atoms with E-state index < -0.39 is 5.60 Å². The lowest BCUT2D eigenvalue weighted by Crippen LogP contribution is -2.34. The fraction of sp³-hybridized carbons (Fsp3) is 0.667.